The second-order valence-electron chi connectivity index (χ2n) is 5.08. The lowest BCUT2D eigenvalue weighted by atomic mass is 10.2. The van der Waals surface area contributed by atoms with Gasteiger partial charge in [-0.05, 0) is 23.8 Å². The van der Waals surface area contributed by atoms with Crippen LogP contribution in [-0.2, 0) is 4.79 Å². The molecule has 0 aliphatic carbocycles. The van der Waals surface area contributed by atoms with E-state index in [4.69, 9.17) is 11.6 Å². The number of hydrogen-bond donors (Lipinski definition) is 3. The van der Waals surface area contributed by atoms with Crippen LogP contribution in [0.4, 0.5) is 20.6 Å². The molecule has 0 aliphatic heterocycles. The highest BCUT2D eigenvalue weighted by molar-refractivity contribution is 6.33. The van der Waals surface area contributed by atoms with E-state index in [1.54, 1.807) is 6.07 Å². The summed E-state index contributed by atoms with van der Waals surface area (Å²) in [4.78, 5) is 33.4. The quantitative estimate of drug-likeness (QED) is 0.396. The van der Waals surface area contributed by atoms with Gasteiger partial charge in [0.05, 0.1) is 21.8 Å². The maximum absolute atomic E-state index is 13.0. The number of urea groups is 1. The first-order valence-corrected chi connectivity index (χ1v) is 7.79. The molecule has 0 aliphatic rings. The van der Waals surface area contributed by atoms with Crippen LogP contribution in [0.1, 0.15) is 5.56 Å². The van der Waals surface area contributed by atoms with E-state index in [2.05, 4.69) is 21.2 Å². The number of non-ortho nitro benzene ring substituents is 1. The lowest BCUT2D eigenvalue weighted by Gasteiger charge is -2.08. The number of carbonyl (C=O) groups excluding carboxylic acids is 2. The van der Waals surface area contributed by atoms with Crippen LogP contribution in [0.2, 0.25) is 5.02 Å². The number of halogens is 2. The van der Waals surface area contributed by atoms with Gasteiger partial charge in [-0.15, -0.1) is 0 Å². The molecule has 3 N–H and O–H groups in total. The first kappa shape index (κ1) is 19.8. The fraction of sp³-hybridized carbons (Fsp3) is 0.0625. The molecule has 0 radical (unpaired) electrons. The van der Waals surface area contributed by atoms with Crippen molar-refractivity contribution in [1.29, 1.82) is 0 Å². The van der Waals surface area contributed by atoms with E-state index in [9.17, 15) is 24.1 Å². The van der Waals surface area contributed by atoms with Crippen molar-refractivity contribution in [2.75, 3.05) is 11.9 Å². The molecule has 9 nitrogen and oxygen atoms in total. The zero-order valence-electron chi connectivity index (χ0n) is 13.6. The summed E-state index contributed by atoms with van der Waals surface area (Å²) in [6, 6.07) is 8.39. The van der Waals surface area contributed by atoms with Crippen molar-refractivity contribution in [3.05, 3.63) is 69.0 Å². The number of rotatable bonds is 6. The molecular weight excluding hydrogens is 381 g/mol. The molecule has 0 saturated heterocycles. The molecule has 2 rings (SSSR count). The standard InChI is InChI=1S/C16H13ClFN5O4/c17-13-7-12(23(26)27)4-5-14(13)21-16(25)19-9-15(24)22-20-8-10-2-1-3-11(18)6-10/h1-8H,9H2,(H,22,24)(H2,19,21,25)/b20-8-. The van der Waals surface area contributed by atoms with Gasteiger partial charge in [0.15, 0.2) is 0 Å². The third kappa shape index (κ3) is 6.36. The van der Waals surface area contributed by atoms with E-state index in [1.165, 1.54) is 36.5 Å². The summed E-state index contributed by atoms with van der Waals surface area (Å²) >= 11 is 5.85. The van der Waals surface area contributed by atoms with Gasteiger partial charge in [0, 0.05) is 12.1 Å². The Labute approximate surface area is 157 Å². The fourth-order valence-corrected chi connectivity index (χ4v) is 2.07. The molecule has 2 aromatic rings. The highest BCUT2D eigenvalue weighted by Crippen LogP contribution is 2.26. The van der Waals surface area contributed by atoms with Crippen LogP contribution >= 0.6 is 11.6 Å². The van der Waals surface area contributed by atoms with Gasteiger partial charge in [-0.2, -0.15) is 5.10 Å². The Morgan fingerprint density at radius 3 is 2.70 bits per heavy atom. The van der Waals surface area contributed by atoms with Crippen molar-refractivity contribution in [3.8, 4) is 0 Å². The van der Waals surface area contributed by atoms with Gasteiger partial charge >= 0.3 is 6.03 Å². The monoisotopic (exact) mass is 393 g/mol. The Morgan fingerprint density at radius 2 is 2.04 bits per heavy atom. The van der Waals surface area contributed by atoms with Crippen molar-refractivity contribution in [3.63, 3.8) is 0 Å². The van der Waals surface area contributed by atoms with Crippen molar-refractivity contribution in [1.82, 2.24) is 10.7 Å². The van der Waals surface area contributed by atoms with Crippen LogP contribution in [0, 0.1) is 15.9 Å². The minimum Gasteiger partial charge on any atom is -0.329 e. The minimum atomic E-state index is -0.741. The number of amides is 3. The second-order valence-corrected chi connectivity index (χ2v) is 5.48. The fourth-order valence-electron chi connectivity index (χ4n) is 1.85. The Balaban J connectivity index is 1.79. The number of hydrazone groups is 1. The zero-order valence-corrected chi connectivity index (χ0v) is 14.4. The van der Waals surface area contributed by atoms with Gasteiger partial charge < -0.3 is 10.6 Å². The van der Waals surface area contributed by atoms with Crippen LogP contribution in [0.3, 0.4) is 0 Å². The smallest absolute Gasteiger partial charge is 0.319 e. The first-order valence-electron chi connectivity index (χ1n) is 7.41. The number of nitro groups is 1. The lowest BCUT2D eigenvalue weighted by Crippen LogP contribution is -2.37. The molecule has 27 heavy (non-hydrogen) atoms. The van der Waals surface area contributed by atoms with Crippen molar-refractivity contribution >= 4 is 41.1 Å². The molecule has 0 fully saturated rings. The summed E-state index contributed by atoms with van der Waals surface area (Å²) < 4.78 is 13.0. The molecular formula is C16H13ClFN5O4. The highest BCUT2D eigenvalue weighted by atomic mass is 35.5. The molecule has 140 valence electrons. The molecule has 2 aromatic carbocycles. The second kappa shape index (κ2) is 9.25. The predicted octanol–water partition coefficient (Wildman–Crippen LogP) is 2.66. The zero-order chi connectivity index (χ0) is 19.8. The minimum absolute atomic E-state index is 0.0245. The van der Waals surface area contributed by atoms with Gasteiger partial charge in [-0.3, -0.25) is 14.9 Å². The molecule has 0 saturated carbocycles. The number of nitrogens with one attached hydrogen (secondary N) is 3. The van der Waals surface area contributed by atoms with Gasteiger partial charge in [-0.1, -0.05) is 23.7 Å². The largest absolute Gasteiger partial charge is 0.329 e. The molecule has 0 spiro atoms. The lowest BCUT2D eigenvalue weighted by molar-refractivity contribution is -0.384. The molecule has 0 heterocycles. The molecule has 0 aromatic heterocycles. The van der Waals surface area contributed by atoms with Gasteiger partial charge in [-0.25, -0.2) is 14.6 Å². The number of carbonyl (C=O) groups is 2. The Kier molecular flexibility index (Phi) is 6.78. The van der Waals surface area contributed by atoms with Crippen LogP contribution < -0.4 is 16.1 Å². The van der Waals surface area contributed by atoms with E-state index in [-0.39, 0.29) is 16.4 Å². The average Bonchev–Trinajstić information content (AvgIpc) is 2.61. The summed E-state index contributed by atoms with van der Waals surface area (Å²) in [6.07, 6.45) is 1.25. The maximum atomic E-state index is 13.0. The van der Waals surface area contributed by atoms with Gasteiger partial charge in [0.1, 0.15) is 12.4 Å². The third-order valence-electron chi connectivity index (χ3n) is 3.07. The number of nitrogens with zero attached hydrogens (tertiary/aromatic N) is 2. The summed E-state index contributed by atoms with van der Waals surface area (Å²) in [5.74, 6) is -1.05. The number of benzene rings is 2. The first-order chi connectivity index (χ1) is 12.8. The molecule has 0 atom stereocenters. The SMILES string of the molecule is O=C(CNC(=O)Nc1ccc([N+](=O)[O-])cc1Cl)N/N=C\c1cccc(F)c1. The van der Waals surface area contributed by atoms with E-state index >= 15 is 0 Å². The third-order valence-corrected chi connectivity index (χ3v) is 3.39. The molecule has 3 amide bonds. The Hall–Kier alpha value is -3.53. The normalized spacial score (nSPS) is 10.4. The summed E-state index contributed by atoms with van der Waals surface area (Å²) in [7, 11) is 0. The average molecular weight is 394 g/mol. The summed E-state index contributed by atoms with van der Waals surface area (Å²) in [6.45, 7) is -0.392. The van der Waals surface area contributed by atoms with E-state index in [1.807, 2.05) is 0 Å². The summed E-state index contributed by atoms with van der Waals surface area (Å²) in [5, 5.41) is 18.9. The van der Waals surface area contributed by atoms with Gasteiger partial charge in [0.2, 0.25) is 0 Å². The molecule has 0 unspecified atom stereocenters. The maximum Gasteiger partial charge on any atom is 0.319 e. The van der Waals surface area contributed by atoms with E-state index in [0.29, 0.717) is 5.56 Å². The molecule has 0 bridgehead atoms. The van der Waals surface area contributed by atoms with Crippen LogP contribution in [-0.4, -0.2) is 29.6 Å². The topological polar surface area (TPSA) is 126 Å². The van der Waals surface area contributed by atoms with E-state index in [0.717, 1.165) is 6.07 Å². The van der Waals surface area contributed by atoms with Crippen molar-refractivity contribution < 1.29 is 18.9 Å². The molecule has 11 heteroatoms. The summed E-state index contributed by atoms with van der Waals surface area (Å²) in [5.41, 5.74) is 2.54. The number of nitro benzene ring substituents is 1. The van der Waals surface area contributed by atoms with Crippen molar-refractivity contribution in [2.24, 2.45) is 5.10 Å². The van der Waals surface area contributed by atoms with Crippen molar-refractivity contribution in [2.45, 2.75) is 0 Å². The van der Waals surface area contributed by atoms with Crippen LogP contribution in [0.5, 0.6) is 0 Å². The van der Waals surface area contributed by atoms with Crippen LogP contribution in [0.25, 0.3) is 0 Å². The van der Waals surface area contributed by atoms with Gasteiger partial charge in [0.25, 0.3) is 11.6 Å². The number of anilines is 1. The van der Waals surface area contributed by atoms with E-state index < -0.39 is 29.2 Å². The Morgan fingerprint density at radius 1 is 1.26 bits per heavy atom. The van der Waals surface area contributed by atoms with Crippen LogP contribution in [0.15, 0.2) is 47.6 Å². The number of hydrogen-bond acceptors (Lipinski definition) is 5. The predicted molar refractivity (Wildman–Crippen MR) is 97.3 cm³/mol. The Bertz CT molecular complexity index is 906. The highest BCUT2D eigenvalue weighted by Gasteiger charge is 2.12.